The summed E-state index contributed by atoms with van der Waals surface area (Å²) >= 11 is 0. The highest BCUT2D eigenvalue weighted by molar-refractivity contribution is 6.13. The van der Waals surface area contributed by atoms with E-state index in [1.807, 2.05) is 24.3 Å². The fourth-order valence-electron chi connectivity index (χ4n) is 8.74. The van der Waals surface area contributed by atoms with Crippen LogP contribution < -0.4 is 0 Å². The van der Waals surface area contributed by atoms with Crippen molar-refractivity contribution in [1.29, 1.82) is 0 Å². The van der Waals surface area contributed by atoms with Crippen LogP contribution in [0.15, 0.2) is 176 Å². The molecule has 3 aromatic heterocycles. The van der Waals surface area contributed by atoms with Gasteiger partial charge in [-0.1, -0.05) is 109 Å². The first-order chi connectivity index (χ1) is 27.2. The molecular weight excluding hydrogens is 671 g/mol. The van der Waals surface area contributed by atoms with E-state index in [1.165, 1.54) is 21.8 Å². The minimum atomic E-state index is 0.589. The number of hydrogen-bond acceptors (Lipinski definition) is 0. The van der Waals surface area contributed by atoms with Crippen LogP contribution in [0.1, 0.15) is 0 Å². The van der Waals surface area contributed by atoms with Gasteiger partial charge in [-0.05, 0) is 77.9 Å². The molecule has 5 nitrogen and oxygen atoms in total. The summed E-state index contributed by atoms with van der Waals surface area (Å²) in [4.78, 5) is 7.98. The first kappa shape index (κ1) is 30.7. The van der Waals surface area contributed by atoms with Crippen molar-refractivity contribution in [3.63, 3.8) is 0 Å². The Bertz CT molecular complexity index is 3420. The topological polar surface area (TPSA) is 23.5 Å². The molecule has 0 radical (unpaired) electrons. The number of rotatable bonds is 4. The van der Waals surface area contributed by atoms with Crippen molar-refractivity contribution in [2.24, 2.45) is 0 Å². The number of hydrogen-bond donors (Lipinski definition) is 0. The van der Waals surface area contributed by atoms with Gasteiger partial charge in [0.15, 0.2) is 5.69 Å². The monoisotopic (exact) mass is 699 g/mol. The molecule has 11 aromatic rings. The number of aromatic nitrogens is 3. The summed E-state index contributed by atoms with van der Waals surface area (Å²) in [5.41, 5.74) is 12.4. The normalized spacial score (nSPS) is 11.6. The quantitative estimate of drug-likeness (QED) is 0.163. The molecular formula is C50H29N5. The molecule has 3 heterocycles. The molecule has 0 spiro atoms. The van der Waals surface area contributed by atoms with Gasteiger partial charge < -0.3 is 13.7 Å². The highest BCUT2D eigenvalue weighted by atomic mass is 15.0. The third kappa shape index (κ3) is 4.45. The molecule has 0 N–H and O–H groups in total. The molecule has 0 atom stereocenters. The maximum atomic E-state index is 8.60. The number of para-hydroxylation sites is 5. The molecule has 0 aliphatic carbocycles. The summed E-state index contributed by atoms with van der Waals surface area (Å²) in [6.45, 7) is 16.3. The largest absolute Gasteiger partial charge is 0.319 e. The average molecular weight is 700 g/mol. The lowest BCUT2D eigenvalue weighted by Crippen LogP contribution is -1.97. The van der Waals surface area contributed by atoms with E-state index in [0.29, 0.717) is 11.4 Å². The van der Waals surface area contributed by atoms with E-state index < -0.39 is 0 Å². The summed E-state index contributed by atoms with van der Waals surface area (Å²) in [5, 5.41) is 6.96. The fraction of sp³-hybridized carbons (Fsp3) is 0. The second kappa shape index (κ2) is 11.8. The zero-order valence-corrected chi connectivity index (χ0v) is 29.5. The molecule has 0 fully saturated rings. The molecule has 0 aliphatic heterocycles. The lowest BCUT2D eigenvalue weighted by Gasteiger charge is -2.15. The molecule has 0 saturated carbocycles. The third-order valence-corrected chi connectivity index (χ3v) is 11.1. The Kier molecular flexibility index (Phi) is 6.61. The lowest BCUT2D eigenvalue weighted by molar-refractivity contribution is 1.17. The van der Waals surface area contributed by atoms with Gasteiger partial charge in [0.1, 0.15) is 0 Å². The Morgan fingerprint density at radius 3 is 1.51 bits per heavy atom. The highest BCUT2D eigenvalue weighted by Crippen LogP contribution is 2.43. The van der Waals surface area contributed by atoms with Crippen LogP contribution in [0.4, 0.5) is 11.4 Å². The second-order valence-corrected chi connectivity index (χ2v) is 13.9. The molecule has 0 amide bonds. The predicted molar refractivity (Wildman–Crippen MR) is 227 cm³/mol. The van der Waals surface area contributed by atoms with E-state index in [-0.39, 0.29) is 0 Å². The van der Waals surface area contributed by atoms with Crippen molar-refractivity contribution >= 4 is 76.8 Å². The molecule has 55 heavy (non-hydrogen) atoms. The first-order valence-electron chi connectivity index (χ1n) is 18.3. The maximum absolute atomic E-state index is 8.60. The molecule has 0 unspecified atom stereocenters. The molecule has 11 rings (SSSR count). The van der Waals surface area contributed by atoms with E-state index in [9.17, 15) is 0 Å². The Balaban J connectivity index is 1.11. The van der Waals surface area contributed by atoms with Gasteiger partial charge in [0, 0.05) is 49.2 Å². The summed E-state index contributed by atoms with van der Waals surface area (Å²) in [6.07, 6.45) is 0. The van der Waals surface area contributed by atoms with Crippen molar-refractivity contribution in [2.45, 2.75) is 0 Å². The Hall–Kier alpha value is -7.86. The van der Waals surface area contributed by atoms with Crippen molar-refractivity contribution < 1.29 is 0 Å². The van der Waals surface area contributed by atoms with E-state index in [1.54, 1.807) is 0 Å². The third-order valence-electron chi connectivity index (χ3n) is 11.1. The van der Waals surface area contributed by atoms with Gasteiger partial charge in [-0.3, -0.25) is 0 Å². The summed E-state index contributed by atoms with van der Waals surface area (Å²) < 4.78 is 6.83. The zero-order chi connectivity index (χ0) is 36.6. The minimum Gasteiger partial charge on any atom is -0.319 e. The smallest absolute Gasteiger partial charge is 0.218 e. The van der Waals surface area contributed by atoms with E-state index >= 15 is 0 Å². The number of benzene rings is 8. The molecule has 8 aromatic carbocycles. The van der Waals surface area contributed by atoms with Gasteiger partial charge in [-0.15, -0.1) is 0 Å². The second-order valence-electron chi connectivity index (χ2n) is 13.9. The summed E-state index contributed by atoms with van der Waals surface area (Å²) in [7, 11) is 0. The van der Waals surface area contributed by atoms with Crippen LogP contribution in [-0.2, 0) is 0 Å². The van der Waals surface area contributed by atoms with Gasteiger partial charge in [-0.2, -0.15) is 0 Å². The van der Waals surface area contributed by atoms with E-state index in [0.717, 1.165) is 71.8 Å². The summed E-state index contributed by atoms with van der Waals surface area (Å²) in [6, 6.07) is 61.2. The predicted octanol–water partition coefficient (Wildman–Crippen LogP) is 13.7. The van der Waals surface area contributed by atoms with Gasteiger partial charge in [0.2, 0.25) is 5.69 Å². The van der Waals surface area contributed by atoms with Crippen molar-refractivity contribution in [1.82, 2.24) is 13.7 Å². The fourth-order valence-corrected chi connectivity index (χ4v) is 8.74. The Morgan fingerprint density at radius 1 is 0.345 bits per heavy atom. The Morgan fingerprint density at radius 2 is 0.873 bits per heavy atom. The molecule has 0 saturated heterocycles. The Labute approximate surface area is 316 Å². The van der Waals surface area contributed by atoms with Crippen LogP contribution in [0.2, 0.25) is 0 Å². The summed E-state index contributed by atoms with van der Waals surface area (Å²) in [5.74, 6) is 0. The molecule has 0 aliphatic rings. The lowest BCUT2D eigenvalue weighted by atomic mass is 10.0. The molecule has 254 valence electrons. The van der Waals surface area contributed by atoms with Gasteiger partial charge in [-0.25, -0.2) is 9.69 Å². The molecule has 0 bridgehead atoms. The van der Waals surface area contributed by atoms with Crippen LogP contribution >= 0.6 is 0 Å². The van der Waals surface area contributed by atoms with Crippen LogP contribution in [-0.4, -0.2) is 13.7 Å². The van der Waals surface area contributed by atoms with Gasteiger partial charge in [0.25, 0.3) is 0 Å². The van der Waals surface area contributed by atoms with Gasteiger partial charge >= 0.3 is 0 Å². The van der Waals surface area contributed by atoms with Crippen molar-refractivity contribution in [3.05, 3.63) is 199 Å². The average Bonchev–Trinajstić information content (AvgIpc) is 3.88. The van der Waals surface area contributed by atoms with Crippen molar-refractivity contribution in [2.75, 3.05) is 0 Å². The molecule has 5 heteroatoms. The van der Waals surface area contributed by atoms with Crippen LogP contribution in [0.25, 0.3) is 103 Å². The van der Waals surface area contributed by atoms with Crippen LogP contribution in [0.3, 0.4) is 0 Å². The van der Waals surface area contributed by atoms with Gasteiger partial charge in [0.05, 0.1) is 46.4 Å². The van der Waals surface area contributed by atoms with Crippen LogP contribution in [0, 0.1) is 13.1 Å². The first-order valence-corrected chi connectivity index (χ1v) is 18.3. The van der Waals surface area contributed by atoms with Crippen LogP contribution in [0.5, 0.6) is 0 Å². The highest BCUT2D eigenvalue weighted by Gasteiger charge is 2.20. The number of fused-ring (bicyclic) bond motifs is 9. The van der Waals surface area contributed by atoms with E-state index in [2.05, 4.69) is 175 Å². The standard InChI is InChI=1S/C50H29N5/c1-51-33-25-27-41-39-17-5-9-22-45(39)54(49(41)30-33)34-14-11-13-32(29-34)36-19-12-24-48(50(36)52-2)55-46-23-10-6-18-40(46)42-31-35(26-28-47(42)55)53-43-20-7-3-15-37(43)38-16-4-8-21-44(38)53/h3-31H. The number of nitrogens with zero attached hydrogens (tertiary/aromatic N) is 5. The maximum Gasteiger partial charge on any atom is 0.218 e. The minimum absolute atomic E-state index is 0.589. The zero-order valence-electron chi connectivity index (χ0n) is 29.5. The van der Waals surface area contributed by atoms with E-state index in [4.69, 9.17) is 13.1 Å². The SMILES string of the molecule is [C-]#[N+]c1ccc2c3ccccc3n(-c3cccc(-c4cccc(-n5c6ccccc6c6cc(-n7c8ccccc8c8ccccc87)ccc65)c4[N+]#[C-])c3)c2c1. The van der Waals surface area contributed by atoms with Crippen molar-refractivity contribution in [3.8, 4) is 28.2 Å².